The van der Waals surface area contributed by atoms with Gasteiger partial charge in [0.05, 0.1) is 31.0 Å². The van der Waals surface area contributed by atoms with Crippen LogP contribution in [0.25, 0.3) is 0 Å². The minimum Gasteiger partial charge on any atom is -0.388 e. The molecule has 0 radical (unpaired) electrons. The van der Waals surface area contributed by atoms with Gasteiger partial charge in [0.2, 0.25) is 0 Å². The number of hydrogen-bond acceptors (Lipinski definition) is 3. The van der Waals surface area contributed by atoms with Crippen LogP contribution in [-0.4, -0.2) is 30.5 Å². The standard InChI is InChI=1S/C10H10Br3NO2/c11-5-1-6(12)10(7(13)2-5)14-8-3-16-4-9(8)15/h1-2,8-9,14-15H,3-4H2. The van der Waals surface area contributed by atoms with E-state index in [9.17, 15) is 5.11 Å². The van der Waals surface area contributed by atoms with Crippen molar-refractivity contribution in [2.75, 3.05) is 18.5 Å². The molecule has 0 saturated carbocycles. The van der Waals surface area contributed by atoms with Gasteiger partial charge in [-0.1, -0.05) is 15.9 Å². The SMILES string of the molecule is OC1COCC1Nc1c(Br)cc(Br)cc1Br. The van der Waals surface area contributed by atoms with Crippen LogP contribution in [-0.2, 0) is 4.74 Å². The molecule has 0 spiro atoms. The highest BCUT2D eigenvalue weighted by Crippen LogP contribution is 2.35. The Morgan fingerprint density at radius 3 is 2.31 bits per heavy atom. The third-order valence-electron chi connectivity index (χ3n) is 2.39. The molecule has 2 N–H and O–H groups in total. The largest absolute Gasteiger partial charge is 0.388 e. The first-order chi connectivity index (χ1) is 7.58. The fourth-order valence-electron chi connectivity index (χ4n) is 1.55. The van der Waals surface area contributed by atoms with Gasteiger partial charge in [0, 0.05) is 13.4 Å². The summed E-state index contributed by atoms with van der Waals surface area (Å²) < 4.78 is 8.05. The van der Waals surface area contributed by atoms with E-state index in [0.717, 1.165) is 19.1 Å². The quantitative estimate of drug-likeness (QED) is 0.779. The van der Waals surface area contributed by atoms with E-state index in [0.29, 0.717) is 13.2 Å². The van der Waals surface area contributed by atoms with Gasteiger partial charge in [-0.15, -0.1) is 0 Å². The summed E-state index contributed by atoms with van der Waals surface area (Å²) in [5.41, 5.74) is 0.928. The summed E-state index contributed by atoms with van der Waals surface area (Å²) in [6.45, 7) is 0.916. The van der Waals surface area contributed by atoms with Gasteiger partial charge in [-0.25, -0.2) is 0 Å². The molecule has 88 valence electrons. The van der Waals surface area contributed by atoms with E-state index in [1.54, 1.807) is 0 Å². The predicted molar refractivity (Wildman–Crippen MR) is 73.8 cm³/mol. The van der Waals surface area contributed by atoms with Crippen LogP contribution in [0.4, 0.5) is 5.69 Å². The predicted octanol–water partition coefficient (Wildman–Crippen LogP) is 3.15. The zero-order chi connectivity index (χ0) is 11.7. The van der Waals surface area contributed by atoms with Crippen molar-refractivity contribution in [1.82, 2.24) is 0 Å². The lowest BCUT2D eigenvalue weighted by Crippen LogP contribution is -2.32. The zero-order valence-corrected chi connectivity index (χ0v) is 13.0. The van der Waals surface area contributed by atoms with Crippen LogP contribution >= 0.6 is 47.8 Å². The van der Waals surface area contributed by atoms with E-state index in [1.807, 2.05) is 12.1 Å². The molecule has 2 rings (SSSR count). The molecule has 3 nitrogen and oxygen atoms in total. The Morgan fingerprint density at radius 2 is 1.81 bits per heavy atom. The summed E-state index contributed by atoms with van der Waals surface area (Å²) in [7, 11) is 0. The summed E-state index contributed by atoms with van der Waals surface area (Å²) in [5.74, 6) is 0. The van der Waals surface area contributed by atoms with Crippen molar-refractivity contribution >= 4 is 53.5 Å². The summed E-state index contributed by atoms with van der Waals surface area (Å²) in [5, 5.41) is 12.9. The van der Waals surface area contributed by atoms with Gasteiger partial charge in [-0.2, -0.15) is 0 Å². The van der Waals surface area contributed by atoms with Crippen LogP contribution in [0.5, 0.6) is 0 Å². The Hall–Kier alpha value is 0.380. The second kappa shape index (κ2) is 5.35. The molecule has 1 aliphatic rings. The van der Waals surface area contributed by atoms with Gasteiger partial charge in [-0.3, -0.25) is 0 Å². The second-order valence-corrected chi connectivity index (χ2v) is 6.22. The number of anilines is 1. The van der Waals surface area contributed by atoms with Gasteiger partial charge >= 0.3 is 0 Å². The second-order valence-electron chi connectivity index (χ2n) is 3.60. The lowest BCUT2D eigenvalue weighted by atomic mass is 10.2. The Balaban J connectivity index is 2.21. The van der Waals surface area contributed by atoms with Crippen LogP contribution < -0.4 is 5.32 Å². The van der Waals surface area contributed by atoms with E-state index in [1.165, 1.54) is 0 Å². The highest BCUT2D eigenvalue weighted by Gasteiger charge is 2.27. The lowest BCUT2D eigenvalue weighted by molar-refractivity contribution is 0.125. The van der Waals surface area contributed by atoms with Crippen LogP contribution in [0, 0.1) is 0 Å². The molecule has 6 heteroatoms. The van der Waals surface area contributed by atoms with Gasteiger partial charge in [-0.05, 0) is 44.0 Å². The van der Waals surface area contributed by atoms with Crippen molar-refractivity contribution in [3.8, 4) is 0 Å². The molecule has 0 aliphatic carbocycles. The average molecular weight is 416 g/mol. The smallest absolute Gasteiger partial charge is 0.0996 e. The fraction of sp³-hybridized carbons (Fsp3) is 0.400. The molecule has 2 unspecified atom stereocenters. The first-order valence-electron chi connectivity index (χ1n) is 4.75. The summed E-state index contributed by atoms with van der Waals surface area (Å²) in [6, 6.07) is 3.85. The minimum atomic E-state index is -0.456. The van der Waals surface area contributed by atoms with Crippen LogP contribution in [0.1, 0.15) is 0 Å². The molecule has 2 atom stereocenters. The van der Waals surface area contributed by atoms with Gasteiger partial charge < -0.3 is 15.2 Å². The maximum absolute atomic E-state index is 9.66. The number of rotatable bonds is 2. The topological polar surface area (TPSA) is 41.5 Å². The third-order valence-corrected chi connectivity index (χ3v) is 4.10. The van der Waals surface area contributed by atoms with Crippen molar-refractivity contribution < 1.29 is 9.84 Å². The summed E-state index contributed by atoms with van der Waals surface area (Å²) >= 11 is 10.4. The molecule has 1 fully saturated rings. The monoisotopic (exact) mass is 413 g/mol. The number of hydrogen-bond donors (Lipinski definition) is 2. The maximum atomic E-state index is 9.66. The Bertz CT molecular complexity index is 377. The highest BCUT2D eigenvalue weighted by molar-refractivity contribution is 9.11. The number of benzene rings is 1. The first kappa shape index (κ1) is 12.8. The van der Waals surface area contributed by atoms with Gasteiger partial charge in [0.1, 0.15) is 0 Å². The van der Waals surface area contributed by atoms with Crippen LogP contribution in [0.15, 0.2) is 25.6 Å². The van der Waals surface area contributed by atoms with E-state index >= 15 is 0 Å². The van der Waals surface area contributed by atoms with Crippen molar-refractivity contribution in [3.05, 3.63) is 25.6 Å². The molecular weight excluding hydrogens is 406 g/mol. The maximum Gasteiger partial charge on any atom is 0.0996 e. The number of ether oxygens (including phenoxy) is 1. The third kappa shape index (κ3) is 2.79. The van der Waals surface area contributed by atoms with Crippen LogP contribution in [0.3, 0.4) is 0 Å². The number of aliphatic hydroxyl groups is 1. The Kier molecular flexibility index (Phi) is 4.29. The first-order valence-corrected chi connectivity index (χ1v) is 7.12. The average Bonchev–Trinajstić information content (AvgIpc) is 2.57. The van der Waals surface area contributed by atoms with E-state index < -0.39 is 6.10 Å². The van der Waals surface area contributed by atoms with Crippen molar-refractivity contribution in [1.29, 1.82) is 0 Å². The normalized spacial score (nSPS) is 24.8. The number of halogens is 3. The van der Waals surface area contributed by atoms with Gasteiger partial charge in [0.25, 0.3) is 0 Å². The van der Waals surface area contributed by atoms with Crippen LogP contribution in [0.2, 0.25) is 0 Å². The molecule has 1 aromatic rings. The molecule has 0 aromatic heterocycles. The Labute approximate surface area is 119 Å². The summed E-state index contributed by atoms with van der Waals surface area (Å²) in [6.07, 6.45) is -0.456. The van der Waals surface area contributed by atoms with E-state index in [4.69, 9.17) is 4.74 Å². The minimum absolute atomic E-state index is 0.0613. The molecule has 1 saturated heterocycles. The number of nitrogens with one attached hydrogen (secondary N) is 1. The van der Waals surface area contributed by atoms with E-state index in [-0.39, 0.29) is 6.04 Å². The molecule has 1 heterocycles. The summed E-state index contributed by atoms with van der Waals surface area (Å²) in [4.78, 5) is 0. The van der Waals surface area contributed by atoms with E-state index in [2.05, 4.69) is 53.1 Å². The Morgan fingerprint density at radius 1 is 1.19 bits per heavy atom. The number of aliphatic hydroxyl groups excluding tert-OH is 1. The molecule has 16 heavy (non-hydrogen) atoms. The molecule has 0 bridgehead atoms. The van der Waals surface area contributed by atoms with Crippen molar-refractivity contribution in [3.63, 3.8) is 0 Å². The fourth-order valence-corrected chi connectivity index (χ4v) is 4.03. The molecule has 1 aromatic carbocycles. The van der Waals surface area contributed by atoms with Gasteiger partial charge in [0.15, 0.2) is 0 Å². The van der Waals surface area contributed by atoms with Crippen molar-refractivity contribution in [2.24, 2.45) is 0 Å². The molecular formula is C10H10Br3NO2. The zero-order valence-electron chi connectivity index (χ0n) is 8.21. The molecule has 0 amide bonds. The lowest BCUT2D eigenvalue weighted by Gasteiger charge is -2.18. The van der Waals surface area contributed by atoms with Crippen molar-refractivity contribution in [2.45, 2.75) is 12.1 Å². The highest BCUT2D eigenvalue weighted by atomic mass is 79.9. The molecule has 1 aliphatic heterocycles.